The van der Waals surface area contributed by atoms with Gasteiger partial charge >= 0.3 is 6.03 Å². The lowest BCUT2D eigenvalue weighted by molar-refractivity contribution is 0.157. The minimum atomic E-state index is 0.102. The molecule has 1 saturated heterocycles. The van der Waals surface area contributed by atoms with Crippen LogP contribution in [0.15, 0.2) is 0 Å². The molecule has 0 spiro atoms. The lowest BCUT2D eigenvalue weighted by atomic mass is 10.0. The van der Waals surface area contributed by atoms with Crippen molar-refractivity contribution >= 4 is 17.8 Å². The highest BCUT2D eigenvalue weighted by Gasteiger charge is 2.32. The minimum absolute atomic E-state index is 0.102. The smallest absolute Gasteiger partial charge is 0.317 e. The summed E-state index contributed by atoms with van der Waals surface area (Å²) >= 11 is 1.90. The number of hydrogen-bond donors (Lipinski definition) is 1. The zero-order valence-corrected chi connectivity index (χ0v) is 14.6. The summed E-state index contributed by atoms with van der Waals surface area (Å²) < 4.78 is 0. The molecule has 1 heterocycles. The van der Waals surface area contributed by atoms with Crippen LogP contribution in [-0.2, 0) is 0 Å². The molecule has 122 valence electrons. The number of nitrogens with zero attached hydrogens (tertiary/aromatic N) is 2. The summed E-state index contributed by atoms with van der Waals surface area (Å²) in [6.07, 6.45) is 9.75. The number of urea groups is 1. The third kappa shape index (κ3) is 4.52. The van der Waals surface area contributed by atoms with E-state index in [-0.39, 0.29) is 6.03 Å². The molecule has 2 aliphatic rings. The molecule has 0 unspecified atom stereocenters. The van der Waals surface area contributed by atoms with Crippen LogP contribution in [0.3, 0.4) is 0 Å². The second-order valence-corrected chi connectivity index (χ2v) is 7.57. The van der Waals surface area contributed by atoms with Gasteiger partial charge in [0.2, 0.25) is 0 Å². The van der Waals surface area contributed by atoms with Gasteiger partial charge in [-0.25, -0.2) is 4.79 Å². The Morgan fingerprint density at radius 2 is 2.10 bits per heavy atom. The molecule has 21 heavy (non-hydrogen) atoms. The van der Waals surface area contributed by atoms with Gasteiger partial charge in [0.1, 0.15) is 0 Å². The summed E-state index contributed by atoms with van der Waals surface area (Å²) in [6.45, 7) is 5.24. The maximum Gasteiger partial charge on any atom is 0.317 e. The Kier molecular flexibility index (Phi) is 6.68. The maximum absolute atomic E-state index is 12.3. The van der Waals surface area contributed by atoms with Crippen molar-refractivity contribution in [1.29, 1.82) is 0 Å². The first kappa shape index (κ1) is 16.9. The number of carbonyl (C=O) groups excluding carboxylic acids is 1. The van der Waals surface area contributed by atoms with Crippen LogP contribution in [0.25, 0.3) is 0 Å². The van der Waals surface area contributed by atoms with E-state index in [1.54, 1.807) is 0 Å². The molecule has 3 atom stereocenters. The predicted molar refractivity (Wildman–Crippen MR) is 91.0 cm³/mol. The summed E-state index contributed by atoms with van der Waals surface area (Å²) in [5.74, 6) is 0. The number of thioether (sulfide) groups is 1. The van der Waals surface area contributed by atoms with Crippen LogP contribution in [0.4, 0.5) is 4.79 Å². The van der Waals surface area contributed by atoms with Gasteiger partial charge in [0, 0.05) is 37.5 Å². The Balaban J connectivity index is 1.71. The van der Waals surface area contributed by atoms with E-state index in [0.717, 1.165) is 19.5 Å². The topological polar surface area (TPSA) is 35.6 Å². The molecule has 1 aliphatic heterocycles. The highest BCUT2D eigenvalue weighted by atomic mass is 32.2. The number of amides is 2. The van der Waals surface area contributed by atoms with E-state index in [0.29, 0.717) is 17.3 Å². The van der Waals surface area contributed by atoms with Gasteiger partial charge in [0.05, 0.1) is 0 Å². The van der Waals surface area contributed by atoms with Gasteiger partial charge < -0.3 is 10.2 Å². The molecule has 2 fully saturated rings. The van der Waals surface area contributed by atoms with Gasteiger partial charge in [0.25, 0.3) is 0 Å². The van der Waals surface area contributed by atoms with E-state index in [1.165, 1.54) is 38.6 Å². The van der Waals surface area contributed by atoms with E-state index in [4.69, 9.17) is 0 Å². The number of carbonyl (C=O) groups is 1. The first-order chi connectivity index (χ1) is 10.1. The van der Waals surface area contributed by atoms with E-state index in [2.05, 4.69) is 23.4 Å². The van der Waals surface area contributed by atoms with E-state index in [9.17, 15) is 4.79 Å². The van der Waals surface area contributed by atoms with Crippen LogP contribution in [0.1, 0.15) is 45.4 Å². The molecule has 4 nitrogen and oxygen atoms in total. The number of nitrogens with one attached hydrogen (secondary N) is 1. The van der Waals surface area contributed by atoms with Crippen molar-refractivity contribution < 1.29 is 4.79 Å². The van der Waals surface area contributed by atoms with E-state index in [1.807, 2.05) is 23.7 Å². The molecule has 1 N–H and O–H groups in total. The molecule has 1 saturated carbocycles. The van der Waals surface area contributed by atoms with Crippen LogP contribution in [0.5, 0.6) is 0 Å². The molecule has 2 rings (SSSR count). The van der Waals surface area contributed by atoms with Crippen molar-refractivity contribution in [3.63, 3.8) is 0 Å². The van der Waals surface area contributed by atoms with Crippen molar-refractivity contribution in [1.82, 2.24) is 15.1 Å². The van der Waals surface area contributed by atoms with Gasteiger partial charge in [-0.2, -0.15) is 11.8 Å². The molecule has 0 aromatic rings. The van der Waals surface area contributed by atoms with Gasteiger partial charge in [-0.05, 0) is 45.4 Å². The summed E-state index contributed by atoms with van der Waals surface area (Å²) in [5, 5.41) is 3.72. The van der Waals surface area contributed by atoms with Gasteiger partial charge in [-0.3, -0.25) is 4.90 Å². The Morgan fingerprint density at radius 1 is 1.29 bits per heavy atom. The number of likely N-dealkylation sites (tertiary alicyclic amines) is 1. The number of rotatable bonds is 5. The average molecular weight is 314 g/mol. The monoisotopic (exact) mass is 313 g/mol. The summed E-state index contributed by atoms with van der Waals surface area (Å²) in [6, 6.07) is 1.18. The van der Waals surface area contributed by atoms with Gasteiger partial charge in [0.15, 0.2) is 0 Å². The highest BCUT2D eigenvalue weighted by Crippen LogP contribution is 2.31. The van der Waals surface area contributed by atoms with Crippen LogP contribution >= 0.6 is 11.8 Å². The Labute approximate surface area is 134 Å². The van der Waals surface area contributed by atoms with Gasteiger partial charge in [-0.1, -0.05) is 12.8 Å². The second kappa shape index (κ2) is 8.28. The molecular formula is C16H31N3OS. The predicted octanol–water partition coefficient (Wildman–Crippen LogP) is 2.79. The zero-order valence-electron chi connectivity index (χ0n) is 13.8. The second-order valence-electron chi connectivity index (χ2n) is 6.50. The number of hydrogen-bond acceptors (Lipinski definition) is 3. The normalized spacial score (nSPS) is 30.3. The zero-order chi connectivity index (χ0) is 15.2. The highest BCUT2D eigenvalue weighted by molar-refractivity contribution is 7.99. The Hall–Kier alpha value is -0.420. The molecule has 0 bridgehead atoms. The van der Waals surface area contributed by atoms with Crippen molar-refractivity contribution in [3.8, 4) is 0 Å². The lowest BCUT2D eigenvalue weighted by Crippen LogP contribution is -2.48. The first-order valence-electron chi connectivity index (χ1n) is 8.41. The molecule has 1 aliphatic carbocycles. The van der Waals surface area contributed by atoms with Crippen LogP contribution in [0.2, 0.25) is 0 Å². The van der Waals surface area contributed by atoms with Crippen molar-refractivity contribution in [2.45, 2.75) is 62.8 Å². The van der Waals surface area contributed by atoms with Gasteiger partial charge in [-0.15, -0.1) is 0 Å². The van der Waals surface area contributed by atoms with Crippen LogP contribution in [-0.4, -0.2) is 66.1 Å². The van der Waals surface area contributed by atoms with Crippen molar-refractivity contribution in [2.24, 2.45) is 0 Å². The molecule has 0 radical (unpaired) electrons. The molecule has 5 heteroatoms. The molecule has 0 aromatic heterocycles. The fourth-order valence-electron chi connectivity index (χ4n) is 3.70. The Bertz CT molecular complexity index is 339. The minimum Gasteiger partial charge on any atom is -0.337 e. The van der Waals surface area contributed by atoms with Crippen LogP contribution in [0, 0.1) is 0 Å². The molecule has 2 amide bonds. The molecule has 0 aromatic carbocycles. The summed E-state index contributed by atoms with van der Waals surface area (Å²) in [7, 11) is 1.96. The third-order valence-corrected chi connectivity index (χ3v) is 6.31. The van der Waals surface area contributed by atoms with E-state index < -0.39 is 0 Å². The first-order valence-corrected chi connectivity index (χ1v) is 9.69. The summed E-state index contributed by atoms with van der Waals surface area (Å²) in [5.41, 5.74) is 0. The standard InChI is InChI=1S/C16H31N3OS/c1-13-7-4-5-11-19(13)12-10-17-16(20)18(2)14-8-6-9-15(14)21-3/h13-15H,4-12H2,1-3H3,(H,17,20)/t13-,14-,15-/m1/s1. The fourth-order valence-corrected chi connectivity index (χ4v) is 4.73. The quantitative estimate of drug-likeness (QED) is 0.848. The maximum atomic E-state index is 12.3. The largest absolute Gasteiger partial charge is 0.337 e. The van der Waals surface area contributed by atoms with Crippen molar-refractivity contribution in [3.05, 3.63) is 0 Å². The fraction of sp³-hybridized carbons (Fsp3) is 0.938. The molecular weight excluding hydrogens is 282 g/mol. The average Bonchev–Trinajstić information content (AvgIpc) is 2.96. The number of piperidine rings is 1. The van der Waals surface area contributed by atoms with E-state index >= 15 is 0 Å². The van der Waals surface area contributed by atoms with Crippen LogP contribution < -0.4 is 5.32 Å². The lowest BCUT2D eigenvalue weighted by Gasteiger charge is -2.34. The summed E-state index contributed by atoms with van der Waals surface area (Å²) in [4.78, 5) is 16.7. The van der Waals surface area contributed by atoms with Crippen molar-refractivity contribution in [2.75, 3.05) is 32.9 Å². The Morgan fingerprint density at radius 3 is 2.81 bits per heavy atom. The SMILES string of the molecule is CS[C@@H]1CCC[C@H]1N(C)C(=O)NCCN1CCCC[C@H]1C. The third-order valence-electron chi connectivity index (χ3n) is 5.15.